The summed E-state index contributed by atoms with van der Waals surface area (Å²) in [4.78, 5) is 37.4. The number of rotatable bonds is 8. The molecule has 0 saturated carbocycles. The van der Waals surface area contributed by atoms with Crippen LogP contribution in [0, 0.1) is 5.92 Å². The second kappa shape index (κ2) is 10.3. The first-order valence-corrected chi connectivity index (χ1v) is 9.00. The molecule has 0 aliphatic carbocycles. The number of hydrogen-bond acceptors (Lipinski definition) is 6. The molecule has 10 heteroatoms. The highest BCUT2D eigenvalue weighted by atomic mass is 35.5. The van der Waals surface area contributed by atoms with Crippen molar-refractivity contribution >= 4 is 29.3 Å². The van der Waals surface area contributed by atoms with E-state index in [0.717, 1.165) is 25.3 Å². The van der Waals surface area contributed by atoms with Crippen molar-refractivity contribution in [1.29, 1.82) is 0 Å². The van der Waals surface area contributed by atoms with Crippen LogP contribution in [-0.4, -0.2) is 37.3 Å². The number of alkyl halides is 4. The molecule has 0 amide bonds. The van der Waals surface area contributed by atoms with Gasteiger partial charge in [0.25, 0.3) is 0 Å². The lowest BCUT2D eigenvalue weighted by atomic mass is 9.77. The molecule has 160 valence electrons. The van der Waals surface area contributed by atoms with E-state index in [1.165, 1.54) is 19.9 Å². The fourth-order valence-electron chi connectivity index (χ4n) is 2.84. The quantitative estimate of drug-likeness (QED) is 0.291. The average molecular weight is 436 g/mol. The molecular formula is C19H21ClF3NO5. The van der Waals surface area contributed by atoms with Crippen LogP contribution in [0.4, 0.5) is 13.2 Å². The van der Waals surface area contributed by atoms with Crippen molar-refractivity contribution in [1.82, 2.24) is 0 Å². The van der Waals surface area contributed by atoms with Crippen LogP contribution in [0.3, 0.4) is 0 Å². The number of halogens is 4. The monoisotopic (exact) mass is 435 g/mol. The number of allylic oxidation sites excluding steroid dienone is 1. The fourth-order valence-corrected chi connectivity index (χ4v) is 3.01. The summed E-state index contributed by atoms with van der Waals surface area (Å²) in [5.41, 5.74) is 4.20. The van der Waals surface area contributed by atoms with Gasteiger partial charge in [-0.05, 0) is 25.5 Å². The lowest BCUT2D eigenvalue weighted by Gasteiger charge is -2.27. The molecule has 2 atom stereocenters. The molecule has 0 aliphatic heterocycles. The number of methoxy groups -OCH3 is 1. The zero-order chi connectivity index (χ0) is 22.4. The van der Waals surface area contributed by atoms with Gasteiger partial charge in [-0.1, -0.05) is 18.2 Å². The van der Waals surface area contributed by atoms with Gasteiger partial charge >= 0.3 is 18.1 Å². The summed E-state index contributed by atoms with van der Waals surface area (Å²) in [7, 11) is 1.00. The predicted octanol–water partition coefficient (Wildman–Crippen LogP) is 3.18. The van der Waals surface area contributed by atoms with Gasteiger partial charge in [-0.15, -0.1) is 11.6 Å². The molecule has 6 nitrogen and oxygen atoms in total. The maximum absolute atomic E-state index is 13.2. The molecule has 0 aliphatic rings. The van der Waals surface area contributed by atoms with E-state index in [1.807, 2.05) is 0 Å². The zero-order valence-electron chi connectivity index (χ0n) is 16.0. The normalized spacial score (nSPS) is 14.4. The Bertz CT molecular complexity index is 787. The lowest BCUT2D eigenvalue weighted by Crippen LogP contribution is -2.36. The van der Waals surface area contributed by atoms with Crippen molar-refractivity contribution in [3.05, 3.63) is 46.7 Å². The van der Waals surface area contributed by atoms with Crippen molar-refractivity contribution in [2.45, 2.75) is 25.9 Å². The highest BCUT2D eigenvalue weighted by Crippen LogP contribution is 2.38. The van der Waals surface area contributed by atoms with Gasteiger partial charge in [-0.2, -0.15) is 13.2 Å². The van der Waals surface area contributed by atoms with Crippen LogP contribution >= 0.6 is 11.6 Å². The SMILES string of the molecule is CCOC(=O)C(=C(C)N)C(c1cccc(C(F)(F)F)c1)C(C(=O)CCl)C(=O)OC. The summed E-state index contributed by atoms with van der Waals surface area (Å²) in [6.45, 7) is 2.77. The molecule has 2 N–H and O–H groups in total. The number of carbonyl (C=O) groups excluding carboxylic acids is 3. The van der Waals surface area contributed by atoms with Crippen molar-refractivity contribution < 1.29 is 37.0 Å². The highest BCUT2D eigenvalue weighted by molar-refractivity contribution is 6.29. The maximum Gasteiger partial charge on any atom is 0.416 e. The molecule has 0 heterocycles. The van der Waals surface area contributed by atoms with Crippen molar-refractivity contribution in [3.8, 4) is 0 Å². The number of ketones is 1. The van der Waals surface area contributed by atoms with Gasteiger partial charge in [-0.25, -0.2) is 4.79 Å². The lowest BCUT2D eigenvalue weighted by molar-refractivity contribution is -0.149. The maximum atomic E-state index is 13.2. The van der Waals surface area contributed by atoms with Gasteiger partial charge < -0.3 is 15.2 Å². The number of esters is 2. The van der Waals surface area contributed by atoms with E-state index in [4.69, 9.17) is 22.1 Å². The Kier molecular flexibility index (Phi) is 8.69. The average Bonchev–Trinajstić information content (AvgIpc) is 2.66. The number of nitrogens with two attached hydrogens (primary N) is 1. The minimum Gasteiger partial charge on any atom is -0.468 e. The van der Waals surface area contributed by atoms with Crippen LogP contribution < -0.4 is 5.73 Å². The first-order chi connectivity index (χ1) is 13.5. The third-order valence-electron chi connectivity index (χ3n) is 4.07. The Hall–Kier alpha value is -2.55. The van der Waals surface area contributed by atoms with Gasteiger partial charge in [0.15, 0.2) is 5.78 Å². The first kappa shape index (κ1) is 24.5. The van der Waals surface area contributed by atoms with E-state index in [1.54, 1.807) is 0 Å². The Balaban J connectivity index is 3.82. The van der Waals surface area contributed by atoms with Crippen molar-refractivity contribution in [2.75, 3.05) is 19.6 Å². The third-order valence-corrected chi connectivity index (χ3v) is 4.33. The smallest absolute Gasteiger partial charge is 0.416 e. The first-order valence-electron chi connectivity index (χ1n) is 8.46. The van der Waals surface area contributed by atoms with Crippen molar-refractivity contribution in [3.63, 3.8) is 0 Å². The largest absolute Gasteiger partial charge is 0.468 e. The van der Waals surface area contributed by atoms with E-state index in [2.05, 4.69) is 4.74 Å². The van der Waals surface area contributed by atoms with Gasteiger partial charge in [0.1, 0.15) is 5.92 Å². The van der Waals surface area contributed by atoms with Crippen LogP contribution in [0.5, 0.6) is 0 Å². The van der Waals surface area contributed by atoms with Crippen LogP contribution in [-0.2, 0) is 30.0 Å². The third kappa shape index (κ3) is 5.96. The van der Waals surface area contributed by atoms with Gasteiger partial charge in [-0.3, -0.25) is 9.59 Å². The number of hydrogen-bond donors (Lipinski definition) is 1. The van der Waals surface area contributed by atoms with Crippen LogP contribution in [0.25, 0.3) is 0 Å². The summed E-state index contributed by atoms with van der Waals surface area (Å²) < 4.78 is 49.2. The molecule has 1 aromatic rings. The summed E-state index contributed by atoms with van der Waals surface area (Å²) in [5.74, 6) is -6.69. The van der Waals surface area contributed by atoms with Crippen LogP contribution in [0.2, 0.25) is 0 Å². The van der Waals surface area contributed by atoms with Gasteiger partial charge in [0.2, 0.25) is 0 Å². The topological polar surface area (TPSA) is 95.7 Å². The second-order valence-corrected chi connectivity index (χ2v) is 6.29. The van der Waals surface area contributed by atoms with Gasteiger partial charge in [0.05, 0.1) is 30.7 Å². The standard InChI is InChI=1S/C19H21ClF3NO5/c1-4-29-18(27)14(10(2)24)15(16(13(25)9-20)17(26)28-3)11-6-5-7-12(8-11)19(21,22)23/h5-8,15-16H,4,9,24H2,1-3H3. The number of Topliss-reactive ketones (excluding diaryl/α,β-unsaturated/α-hetero) is 1. The Morgan fingerprint density at radius 2 is 1.86 bits per heavy atom. The summed E-state index contributed by atoms with van der Waals surface area (Å²) >= 11 is 5.61. The van der Waals surface area contributed by atoms with E-state index in [-0.39, 0.29) is 23.4 Å². The number of carbonyl (C=O) groups is 3. The number of ether oxygens (including phenoxy) is 2. The van der Waals surface area contributed by atoms with E-state index in [0.29, 0.717) is 0 Å². The summed E-state index contributed by atoms with van der Waals surface area (Å²) in [6.07, 6.45) is -4.69. The molecule has 2 unspecified atom stereocenters. The Morgan fingerprint density at radius 3 is 2.31 bits per heavy atom. The zero-order valence-corrected chi connectivity index (χ0v) is 16.8. The van der Waals surface area contributed by atoms with Crippen molar-refractivity contribution in [2.24, 2.45) is 11.7 Å². The van der Waals surface area contributed by atoms with Crippen LogP contribution in [0.15, 0.2) is 35.5 Å². The molecule has 1 aromatic carbocycles. The fraction of sp³-hybridized carbons (Fsp3) is 0.421. The molecule has 1 rings (SSSR count). The molecule has 0 aromatic heterocycles. The molecule has 0 radical (unpaired) electrons. The Morgan fingerprint density at radius 1 is 1.24 bits per heavy atom. The predicted molar refractivity (Wildman–Crippen MR) is 98.9 cm³/mol. The summed E-state index contributed by atoms with van der Waals surface area (Å²) in [5, 5.41) is 0. The second-order valence-electron chi connectivity index (χ2n) is 6.02. The molecule has 0 saturated heterocycles. The Labute approximate surface area is 170 Å². The van der Waals surface area contributed by atoms with E-state index < -0.39 is 47.2 Å². The molecule has 0 fully saturated rings. The van der Waals surface area contributed by atoms with E-state index >= 15 is 0 Å². The molecular weight excluding hydrogens is 415 g/mol. The number of benzene rings is 1. The molecule has 29 heavy (non-hydrogen) atoms. The molecule has 0 spiro atoms. The minimum absolute atomic E-state index is 0.0583. The molecule has 0 bridgehead atoms. The highest BCUT2D eigenvalue weighted by Gasteiger charge is 2.42. The summed E-state index contributed by atoms with van der Waals surface area (Å²) in [6, 6.07) is 3.91. The van der Waals surface area contributed by atoms with Gasteiger partial charge in [0, 0.05) is 11.6 Å². The van der Waals surface area contributed by atoms with E-state index in [9.17, 15) is 27.6 Å². The minimum atomic E-state index is -4.69. The van der Waals surface area contributed by atoms with Crippen LogP contribution in [0.1, 0.15) is 30.9 Å².